The van der Waals surface area contributed by atoms with Gasteiger partial charge in [-0.2, -0.15) is 0 Å². The Morgan fingerprint density at radius 2 is 1.88 bits per heavy atom. The van der Waals surface area contributed by atoms with Crippen molar-refractivity contribution >= 4 is 37.5 Å². The standard InChI is InChI=1S/C12H7BrN2S/c13-9-1-2-10-11(7-9)16-12(15-10)8-3-5-14-6-4-8/h1-7H. The predicted molar refractivity (Wildman–Crippen MR) is 70.6 cm³/mol. The summed E-state index contributed by atoms with van der Waals surface area (Å²) < 4.78 is 2.28. The zero-order valence-corrected chi connectivity index (χ0v) is 10.6. The molecule has 2 aromatic heterocycles. The van der Waals surface area contributed by atoms with E-state index in [0.29, 0.717) is 0 Å². The number of nitrogens with zero attached hydrogens (tertiary/aromatic N) is 2. The molecule has 3 aromatic rings. The van der Waals surface area contributed by atoms with E-state index in [4.69, 9.17) is 0 Å². The van der Waals surface area contributed by atoms with Gasteiger partial charge >= 0.3 is 0 Å². The third-order valence-electron chi connectivity index (χ3n) is 2.28. The summed E-state index contributed by atoms with van der Waals surface area (Å²) in [6.07, 6.45) is 3.58. The molecule has 2 heterocycles. The van der Waals surface area contributed by atoms with Crippen molar-refractivity contribution in [2.24, 2.45) is 0 Å². The summed E-state index contributed by atoms with van der Waals surface area (Å²) in [4.78, 5) is 8.60. The lowest BCUT2D eigenvalue weighted by Crippen LogP contribution is -1.75. The highest BCUT2D eigenvalue weighted by molar-refractivity contribution is 9.10. The van der Waals surface area contributed by atoms with E-state index < -0.39 is 0 Å². The van der Waals surface area contributed by atoms with Crippen LogP contribution in [0.4, 0.5) is 0 Å². The Bertz CT molecular complexity index is 634. The Balaban J connectivity index is 2.19. The van der Waals surface area contributed by atoms with Gasteiger partial charge in [0.05, 0.1) is 10.2 Å². The summed E-state index contributed by atoms with van der Waals surface area (Å²) in [6.45, 7) is 0. The molecule has 0 aliphatic carbocycles. The van der Waals surface area contributed by atoms with Gasteiger partial charge in [-0.15, -0.1) is 11.3 Å². The van der Waals surface area contributed by atoms with Gasteiger partial charge < -0.3 is 0 Å². The average molecular weight is 291 g/mol. The molecule has 0 bridgehead atoms. The third-order valence-corrected chi connectivity index (χ3v) is 3.84. The van der Waals surface area contributed by atoms with E-state index >= 15 is 0 Å². The second kappa shape index (κ2) is 3.96. The van der Waals surface area contributed by atoms with Crippen molar-refractivity contribution in [1.29, 1.82) is 0 Å². The zero-order valence-electron chi connectivity index (χ0n) is 8.22. The average Bonchev–Trinajstić information content (AvgIpc) is 2.73. The number of rotatable bonds is 1. The van der Waals surface area contributed by atoms with E-state index in [1.54, 1.807) is 23.7 Å². The first-order valence-electron chi connectivity index (χ1n) is 4.79. The largest absolute Gasteiger partial charge is 0.265 e. The second-order valence-electron chi connectivity index (χ2n) is 3.37. The molecule has 0 aliphatic rings. The van der Waals surface area contributed by atoms with Crippen molar-refractivity contribution in [2.75, 3.05) is 0 Å². The monoisotopic (exact) mass is 290 g/mol. The summed E-state index contributed by atoms with van der Waals surface area (Å²) in [5.74, 6) is 0. The summed E-state index contributed by atoms with van der Waals surface area (Å²) in [6, 6.07) is 10.1. The Morgan fingerprint density at radius 1 is 1.06 bits per heavy atom. The van der Waals surface area contributed by atoms with E-state index in [-0.39, 0.29) is 0 Å². The molecule has 4 heteroatoms. The van der Waals surface area contributed by atoms with E-state index in [1.807, 2.05) is 24.3 Å². The van der Waals surface area contributed by atoms with Crippen LogP contribution in [0.1, 0.15) is 0 Å². The highest BCUT2D eigenvalue weighted by Gasteiger charge is 2.05. The second-order valence-corrected chi connectivity index (χ2v) is 5.31. The van der Waals surface area contributed by atoms with Gasteiger partial charge in [0.2, 0.25) is 0 Å². The highest BCUT2D eigenvalue weighted by Crippen LogP contribution is 2.31. The van der Waals surface area contributed by atoms with Crippen molar-refractivity contribution < 1.29 is 0 Å². The maximum atomic E-state index is 4.59. The first-order valence-corrected chi connectivity index (χ1v) is 6.40. The van der Waals surface area contributed by atoms with Crippen LogP contribution < -0.4 is 0 Å². The van der Waals surface area contributed by atoms with Crippen LogP contribution in [0.2, 0.25) is 0 Å². The Morgan fingerprint density at radius 3 is 2.69 bits per heavy atom. The van der Waals surface area contributed by atoms with Crippen LogP contribution in [0.15, 0.2) is 47.2 Å². The van der Waals surface area contributed by atoms with Gasteiger partial charge in [0.1, 0.15) is 5.01 Å². The molecule has 0 aliphatic heterocycles. The topological polar surface area (TPSA) is 25.8 Å². The Hall–Kier alpha value is -1.26. The molecular formula is C12H7BrN2S. The van der Waals surface area contributed by atoms with Gasteiger partial charge in [-0.05, 0) is 30.3 Å². The molecule has 0 saturated heterocycles. The normalized spacial score (nSPS) is 10.8. The lowest BCUT2D eigenvalue weighted by Gasteiger charge is -1.91. The minimum atomic E-state index is 1.04. The molecule has 78 valence electrons. The first-order chi connectivity index (χ1) is 7.83. The molecule has 0 saturated carbocycles. The van der Waals surface area contributed by atoms with Crippen molar-refractivity contribution in [2.45, 2.75) is 0 Å². The van der Waals surface area contributed by atoms with Crippen molar-refractivity contribution in [3.63, 3.8) is 0 Å². The highest BCUT2D eigenvalue weighted by atomic mass is 79.9. The molecule has 0 N–H and O–H groups in total. The summed E-state index contributed by atoms with van der Waals surface area (Å²) in [5.41, 5.74) is 2.16. The predicted octanol–water partition coefficient (Wildman–Crippen LogP) is 4.12. The quantitative estimate of drug-likeness (QED) is 0.674. The van der Waals surface area contributed by atoms with Crippen molar-refractivity contribution in [3.8, 4) is 10.6 Å². The number of aromatic nitrogens is 2. The molecule has 2 nitrogen and oxygen atoms in total. The molecule has 0 amide bonds. The molecule has 0 radical (unpaired) electrons. The molecule has 0 atom stereocenters. The zero-order chi connectivity index (χ0) is 11.0. The van der Waals surface area contributed by atoms with Crippen LogP contribution in [0.3, 0.4) is 0 Å². The summed E-state index contributed by atoms with van der Waals surface area (Å²) in [7, 11) is 0. The Labute approximate surface area is 105 Å². The molecule has 16 heavy (non-hydrogen) atoms. The van der Waals surface area contributed by atoms with Gasteiger partial charge in [0, 0.05) is 22.4 Å². The summed E-state index contributed by atoms with van der Waals surface area (Å²) >= 11 is 5.16. The van der Waals surface area contributed by atoms with Crippen molar-refractivity contribution in [1.82, 2.24) is 9.97 Å². The van der Waals surface area contributed by atoms with E-state index in [1.165, 1.54) is 4.70 Å². The van der Waals surface area contributed by atoms with Gasteiger partial charge in [-0.25, -0.2) is 4.98 Å². The molecule has 0 spiro atoms. The lowest BCUT2D eigenvalue weighted by molar-refractivity contribution is 1.32. The van der Waals surface area contributed by atoms with Gasteiger partial charge in [0.15, 0.2) is 0 Å². The smallest absolute Gasteiger partial charge is 0.124 e. The van der Waals surface area contributed by atoms with Crippen molar-refractivity contribution in [3.05, 3.63) is 47.2 Å². The number of thiazole rings is 1. The fourth-order valence-corrected chi connectivity index (χ4v) is 3.04. The fourth-order valence-electron chi connectivity index (χ4n) is 1.52. The SMILES string of the molecule is Brc1ccc2nc(-c3ccncc3)sc2c1. The number of hydrogen-bond donors (Lipinski definition) is 0. The maximum Gasteiger partial charge on any atom is 0.124 e. The Kier molecular flexibility index (Phi) is 2.46. The molecule has 0 unspecified atom stereocenters. The van der Waals surface area contributed by atoms with E-state index in [0.717, 1.165) is 20.6 Å². The minimum absolute atomic E-state index is 1.04. The first kappa shape index (κ1) is 9.93. The van der Waals surface area contributed by atoms with Gasteiger partial charge in [0.25, 0.3) is 0 Å². The number of fused-ring (bicyclic) bond motifs is 1. The van der Waals surface area contributed by atoms with Gasteiger partial charge in [-0.3, -0.25) is 4.98 Å². The molecular weight excluding hydrogens is 284 g/mol. The fraction of sp³-hybridized carbons (Fsp3) is 0. The summed E-state index contributed by atoms with van der Waals surface area (Å²) in [5, 5.41) is 1.04. The molecule has 0 fully saturated rings. The number of benzene rings is 1. The number of pyridine rings is 1. The van der Waals surface area contributed by atoms with E-state index in [2.05, 4.69) is 32.0 Å². The number of hydrogen-bond acceptors (Lipinski definition) is 3. The minimum Gasteiger partial charge on any atom is -0.265 e. The third kappa shape index (κ3) is 1.74. The lowest BCUT2D eigenvalue weighted by atomic mass is 10.3. The van der Waals surface area contributed by atoms with Crippen LogP contribution >= 0.6 is 27.3 Å². The maximum absolute atomic E-state index is 4.59. The van der Waals surface area contributed by atoms with Crippen LogP contribution in [-0.2, 0) is 0 Å². The molecule has 1 aromatic carbocycles. The van der Waals surface area contributed by atoms with Crippen LogP contribution in [0, 0.1) is 0 Å². The van der Waals surface area contributed by atoms with Gasteiger partial charge in [-0.1, -0.05) is 15.9 Å². The van der Waals surface area contributed by atoms with Crippen LogP contribution in [0.25, 0.3) is 20.8 Å². The number of halogens is 1. The van der Waals surface area contributed by atoms with Crippen LogP contribution in [0.5, 0.6) is 0 Å². The van der Waals surface area contributed by atoms with E-state index in [9.17, 15) is 0 Å². The van der Waals surface area contributed by atoms with Crippen LogP contribution in [-0.4, -0.2) is 9.97 Å². The molecule has 3 rings (SSSR count).